The summed E-state index contributed by atoms with van der Waals surface area (Å²) in [5, 5.41) is 5.48. The van der Waals surface area contributed by atoms with Gasteiger partial charge < -0.3 is 45.1 Å². The fourth-order valence-corrected chi connectivity index (χ4v) is 5.74. The van der Waals surface area contributed by atoms with Crippen molar-refractivity contribution in [3.05, 3.63) is 145 Å². The van der Waals surface area contributed by atoms with Gasteiger partial charge in [-0.25, -0.2) is 0 Å². The van der Waals surface area contributed by atoms with Gasteiger partial charge in [0.15, 0.2) is 0 Å². The van der Waals surface area contributed by atoms with Crippen LogP contribution in [0.15, 0.2) is 109 Å². The normalized spacial score (nSPS) is 10.3. The first-order valence-corrected chi connectivity index (χ1v) is 15.8. The van der Waals surface area contributed by atoms with E-state index in [4.69, 9.17) is 0 Å². The average Bonchev–Trinajstić information content (AvgIpc) is 3.57. The summed E-state index contributed by atoms with van der Waals surface area (Å²) in [4.78, 5) is 0. The number of rotatable bonds is 6. The van der Waals surface area contributed by atoms with Crippen LogP contribution in [0.5, 0.6) is 0 Å². The van der Waals surface area contributed by atoms with Crippen molar-refractivity contribution in [3.63, 3.8) is 0 Å². The van der Waals surface area contributed by atoms with Gasteiger partial charge in [-0.1, -0.05) is 111 Å². The molecule has 242 valence electrons. The molecule has 0 aliphatic carbocycles. The van der Waals surface area contributed by atoms with Crippen molar-refractivity contribution in [2.24, 2.45) is 11.8 Å². The molecule has 0 atom stereocenters. The van der Waals surface area contributed by atoms with Gasteiger partial charge in [-0.2, -0.15) is 12.1 Å². The van der Waals surface area contributed by atoms with E-state index < -0.39 is 0 Å². The van der Waals surface area contributed by atoms with Crippen LogP contribution in [0.4, 0.5) is 0 Å². The zero-order chi connectivity index (χ0) is 30.9. The Labute approximate surface area is 310 Å². The minimum absolute atomic E-state index is 0. The van der Waals surface area contributed by atoms with Gasteiger partial charge >= 0.3 is 26.2 Å². The average molecular weight is 727 g/mol. The molecule has 0 radical (unpaired) electrons. The number of aryl methyl sites for hydroxylation is 2. The number of fused-ring (bicyclic) bond motifs is 2. The molecule has 0 N–H and O–H groups in total. The SMILES string of the molecule is Cc1ccc(-c2cccc3[cH-]c(CC(C)C)cc23)cc1.Cc1ccc(-c2cccc3[cH-]c(CC(C)C)cc23)cc1.[CH2-]C[CH2-].[Cl-].[Cl-].[Zr+2]. The molecule has 0 aromatic heterocycles. The van der Waals surface area contributed by atoms with Crippen molar-refractivity contribution in [2.75, 3.05) is 0 Å². The first-order chi connectivity index (χ1) is 20.7. The van der Waals surface area contributed by atoms with Gasteiger partial charge in [-0.3, -0.25) is 0 Å². The van der Waals surface area contributed by atoms with Crippen molar-refractivity contribution in [1.82, 2.24) is 0 Å². The summed E-state index contributed by atoms with van der Waals surface area (Å²) in [6.07, 6.45) is 3.06. The molecule has 0 saturated heterocycles. The molecule has 6 rings (SSSR count). The maximum atomic E-state index is 3.38. The van der Waals surface area contributed by atoms with E-state index >= 15 is 0 Å². The van der Waals surface area contributed by atoms with E-state index in [0.29, 0.717) is 11.8 Å². The van der Waals surface area contributed by atoms with Crippen LogP contribution in [0, 0.1) is 39.5 Å². The zero-order valence-corrected chi connectivity index (χ0v) is 32.3. The molecule has 0 unspecified atom stereocenters. The predicted molar refractivity (Wildman–Crippen MR) is 192 cm³/mol. The fourth-order valence-electron chi connectivity index (χ4n) is 5.74. The van der Waals surface area contributed by atoms with Crippen molar-refractivity contribution in [2.45, 2.75) is 60.8 Å². The minimum atomic E-state index is 0. The van der Waals surface area contributed by atoms with E-state index in [2.05, 4.69) is 165 Å². The maximum absolute atomic E-state index is 3.38. The van der Waals surface area contributed by atoms with Crippen LogP contribution in [0.25, 0.3) is 43.8 Å². The molecule has 0 aliphatic rings. The topological polar surface area (TPSA) is 0 Å². The Morgan fingerprint density at radius 3 is 1.17 bits per heavy atom. The summed E-state index contributed by atoms with van der Waals surface area (Å²) < 4.78 is 0. The molecular formula is C43H48Cl2Zr-4. The summed E-state index contributed by atoms with van der Waals surface area (Å²) in [5.74, 6) is 1.41. The van der Waals surface area contributed by atoms with Gasteiger partial charge in [0.1, 0.15) is 0 Å². The molecular weight excluding hydrogens is 679 g/mol. The Morgan fingerprint density at radius 2 is 0.870 bits per heavy atom. The number of halogens is 2. The second kappa shape index (κ2) is 20.0. The summed E-state index contributed by atoms with van der Waals surface area (Å²) in [6.45, 7) is 20.1. The van der Waals surface area contributed by atoms with Crippen LogP contribution in [0.1, 0.15) is 56.4 Å². The van der Waals surface area contributed by atoms with Crippen LogP contribution < -0.4 is 24.8 Å². The standard InChI is InChI=1S/2C20H21.C3H6.2ClH.Zr/c2*1-14(2)11-16-12-18-5-4-6-19(20(18)13-16)17-9-7-15(3)8-10-17;1-3-2;;;/h2*4-10,12-14H,11H2,1-3H3;1-3H2;2*1H;/q2*-1;-2;;;+2/p-2. The zero-order valence-electron chi connectivity index (χ0n) is 28.3. The molecule has 0 bridgehead atoms. The Hall–Kier alpha value is -2.44. The molecule has 0 heterocycles. The first kappa shape index (κ1) is 41.6. The maximum Gasteiger partial charge on any atom is 2.00 e. The molecule has 0 aliphatic heterocycles. The number of hydrogen-bond donors (Lipinski definition) is 0. The fraction of sp³-hybridized carbons (Fsp3) is 0.256. The molecule has 0 nitrogen and oxygen atoms in total. The molecule has 0 spiro atoms. The summed E-state index contributed by atoms with van der Waals surface area (Å²) in [5.41, 5.74) is 10.8. The van der Waals surface area contributed by atoms with Crippen LogP contribution in [0.2, 0.25) is 0 Å². The van der Waals surface area contributed by atoms with Crippen molar-refractivity contribution >= 4 is 21.5 Å². The second-order valence-corrected chi connectivity index (χ2v) is 12.6. The first-order valence-electron chi connectivity index (χ1n) is 15.8. The Kier molecular flexibility index (Phi) is 18.1. The molecule has 3 heteroatoms. The van der Waals surface area contributed by atoms with Crippen LogP contribution >= 0.6 is 0 Å². The third kappa shape index (κ3) is 11.4. The Bertz CT molecular complexity index is 1590. The molecule has 6 aromatic rings. The molecule has 0 saturated carbocycles. The van der Waals surface area contributed by atoms with Gasteiger partial charge in [0, 0.05) is 0 Å². The van der Waals surface area contributed by atoms with Gasteiger partial charge in [-0.05, 0) is 49.7 Å². The van der Waals surface area contributed by atoms with E-state index in [0.717, 1.165) is 19.3 Å². The van der Waals surface area contributed by atoms with Crippen molar-refractivity contribution in [3.8, 4) is 22.3 Å². The second-order valence-electron chi connectivity index (χ2n) is 12.6. The van der Waals surface area contributed by atoms with E-state index in [-0.39, 0.29) is 51.0 Å². The number of benzene rings is 4. The Balaban J connectivity index is 0.000000400. The van der Waals surface area contributed by atoms with E-state index in [1.807, 2.05) is 0 Å². The minimum Gasteiger partial charge on any atom is -1.00 e. The number of hydrogen-bond acceptors (Lipinski definition) is 0. The van der Waals surface area contributed by atoms with Gasteiger partial charge in [0.2, 0.25) is 0 Å². The van der Waals surface area contributed by atoms with Gasteiger partial charge in [-0.15, -0.1) is 69.1 Å². The van der Waals surface area contributed by atoms with Crippen molar-refractivity contribution in [1.29, 1.82) is 0 Å². The van der Waals surface area contributed by atoms with E-state index in [1.54, 1.807) is 0 Å². The molecule has 0 amide bonds. The third-order valence-electron chi connectivity index (χ3n) is 7.63. The monoisotopic (exact) mass is 724 g/mol. The van der Waals surface area contributed by atoms with Gasteiger partial charge in [0.05, 0.1) is 0 Å². The van der Waals surface area contributed by atoms with Crippen molar-refractivity contribution < 1.29 is 51.0 Å². The summed E-state index contributed by atoms with van der Waals surface area (Å²) in [6, 6.07) is 40.3. The molecule has 0 fully saturated rings. The van der Waals surface area contributed by atoms with Gasteiger partial charge in [0.25, 0.3) is 0 Å². The quantitative estimate of drug-likeness (QED) is 0.172. The molecule has 46 heavy (non-hydrogen) atoms. The Morgan fingerprint density at radius 1 is 0.543 bits per heavy atom. The third-order valence-corrected chi connectivity index (χ3v) is 7.63. The van der Waals surface area contributed by atoms with E-state index in [9.17, 15) is 0 Å². The summed E-state index contributed by atoms with van der Waals surface area (Å²) in [7, 11) is 0. The molecule has 6 aromatic carbocycles. The van der Waals surface area contributed by atoms with Crippen LogP contribution in [-0.2, 0) is 39.0 Å². The van der Waals surface area contributed by atoms with Crippen LogP contribution in [0.3, 0.4) is 0 Å². The summed E-state index contributed by atoms with van der Waals surface area (Å²) >= 11 is 0. The largest absolute Gasteiger partial charge is 2.00 e. The predicted octanol–water partition coefficient (Wildman–Crippen LogP) is 6.52. The smallest absolute Gasteiger partial charge is 1.00 e. The van der Waals surface area contributed by atoms with E-state index in [1.165, 1.54) is 66.1 Å². The van der Waals surface area contributed by atoms with Crippen LogP contribution in [-0.4, -0.2) is 0 Å².